The third-order valence-corrected chi connectivity index (χ3v) is 4.78. The summed E-state index contributed by atoms with van der Waals surface area (Å²) in [6, 6.07) is 24.3. The molecule has 0 aliphatic heterocycles. The maximum Gasteiger partial charge on any atom is 0.336 e. The van der Waals surface area contributed by atoms with Gasteiger partial charge in [-0.15, -0.1) is 0 Å². The summed E-state index contributed by atoms with van der Waals surface area (Å²) in [7, 11) is 0. The third kappa shape index (κ3) is 3.36. The largest absolute Gasteiger partial charge is 0.423 e. The van der Waals surface area contributed by atoms with Gasteiger partial charge < -0.3 is 9.32 Å². The molecule has 0 radical (unpaired) electrons. The van der Waals surface area contributed by atoms with Gasteiger partial charge in [0.25, 0.3) is 0 Å². The Hall–Kier alpha value is -3.33. The summed E-state index contributed by atoms with van der Waals surface area (Å²) >= 11 is 0. The first-order chi connectivity index (χ1) is 13.0. The third-order valence-electron chi connectivity index (χ3n) is 4.78. The van der Waals surface area contributed by atoms with Crippen molar-refractivity contribution >= 4 is 28.0 Å². The standard InChI is InChI=1S/C24H21NO2/c1-16-4-8-19(9-5-16)25(20-10-6-17(2)7-11-20)21-12-13-22-18(3)14-24(26)27-23(22)15-21/h4-15H,1-3H3. The fourth-order valence-electron chi connectivity index (χ4n) is 3.29. The van der Waals surface area contributed by atoms with E-state index in [4.69, 9.17) is 4.42 Å². The zero-order valence-corrected chi connectivity index (χ0v) is 15.7. The second-order valence-corrected chi connectivity index (χ2v) is 6.94. The number of rotatable bonds is 3. The molecule has 4 aromatic rings. The monoisotopic (exact) mass is 355 g/mol. The molecule has 0 saturated heterocycles. The van der Waals surface area contributed by atoms with Crippen molar-refractivity contribution in [1.29, 1.82) is 0 Å². The minimum absolute atomic E-state index is 0.325. The molecule has 0 N–H and O–H groups in total. The quantitative estimate of drug-likeness (QED) is 0.411. The fraction of sp³-hybridized carbons (Fsp3) is 0.125. The Morgan fingerprint density at radius 1 is 0.667 bits per heavy atom. The highest BCUT2D eigenvalue weighted by atomic mass is 16.4. The van der Waals surface area contributed by atoms with Gasteiger partial charge in [0.2, 0.25) is 0 Å². The second kappa shape index (κ2) is 6.76. The van der Waals surface area contributed by atoms with Crippen LogP contribution in [0.2, 0.25) is 0 Å². The van der Waals surface area contributed by atoms with Crippen LogP contribution in [0.4, 0.5) is 17.1 Å². The van der Waals surface area contributed by atoms with E-state index in [0.717, 1.165) is 28.0 Å². The molecule has 1 heterocycles. The van der Waals surface area contributed by atoms with Gasteiger partial charge in [-0.25, -0.2) is 4.79 Å². The van der Waals surface area contributed by atoms with Gasteiger partial charge >= 0.3 is 5.63 Å². The van der Waals surface area contributed by atoms with Gasteiger partial charge in [0, 0.05) is 34.6 Å². The topological polar surface area (TPSA) is 33.5 Å². The van der Waals surface area contributed by atoms with E-state index in [-0.39, 0.29) is 5.63 Å². The summed E-state index contributed by atoms with van der Waals surface area (Å²) in [4.78, 5) is 14.0. The van der Waals surface area contributed by atoms with Gasteiger partial charge in [-0.1, -0.05) is 35.4 Å². The summed E-state index contributed by atoms with van der Waals surface area (Å²) in [6.07, 6.45) is 0. The first-order valence-electron chi connectivity index (χ1n) is 8.99. The van der Waals surface area contributed by atoms with E-state index < -0.39 is 0 Å². The Balaban J connectivity index is 1.92. The molecule has 4 rings (SSSR count). The van der Waals surface area contributed by atoms with Crippen LogP contribution in [0.5, 0.6) is 0 Å². The average molecular weight is 355 g/mol. The van der Waals surface area contributed by atoms with E-state index in [0.29, 0.717) is 5.58 Å². The van der Waals surface area contributed by atoms with Crippen LogP contribution in [0.1, 0.15) is 16.7 Å². The maximum atomic E-state index is 11.8. The van der Waals surface area contributed by atoms with E-state index in [1.807, 2.05) is 19.1 Å². The zero-order chi connectivity index (χ0) is 19.0. The van der Waals surface area contributed by atoms with Crippen molar-refractivity contribution in [2.24, 2.45) is 0 Å². The van der Waals surface area contributed by atoms with Gasteiger partial charge in [-0.3, -0.25) is 0 Å². The van der Waals surface area contributed by atoms with E-state index >= 15 is 0 Å². The first-order valence-corrected chi connectivity index (χ1v) is 8.99. The molecule has 0 amide bonds. The van der Waals surface area contributed by atoms with Crippen LogP contribution in [0.15, 0.2) is 82.0 Å². The Labute approximate surface area is 158 Å². The summed E-state index contributed by atoms with van der Waals surface area (Å²) < 4.78 is 5.46. The SMILES string of the molecule is Cc1ccc(N(c2ccc(C)cc2)c2ccc3c(C)cc(=O)oc3c2)cc1. The molecule has 134 valence electrons. The normalized spacial score (nSPS) is 10.9. The van der Waals surface area contributed by atoms with Crippen molar-refractivity contribution in [2.45, 2.75) is 20.8 Å². The lowest BCUT2D eigenvalue weighted by Crippen LogP contribution is -2.10. The molecular weight excluding hydrogens is 334 g/mol. The molecule has 3 aromatic carbocycles. The van der Waals surface area contributed by atoms with Crippen LogP contribution in [0.3, 0.4) is 0 Å². The Morgan fingerprint density at radius 3 is 1.74 bits per heavy atom. The number of anilines is 3. The summed E-state index contributed by atoms with van der Waals surface area (Å²) in [5.41, 5.74) is 6.67. The van der Waals surface area contributed by atoms with E-state index in [1.165, 1.54) is 17.2 Å². The number of hydrogen-bond donors (Lipinski definition) is 0. The van der Waals surface area contributed by atoms with Gasteiger partial charge in [-0.05, 0) is 62.7 Å². The Bertz CT molecular complexity index is 1110. The van der Waals surface area contributed by atoms with Gasteiger partial charge in [0.1, 0.15) is 5.58 Å². The number of nitrogens with zero attached hydrogens (tertiary/aromatic N) is 1. The van der Waals surface area contributed by atoms with Crippen LogP contribution >= 0.6 is 0 Å². The second-order valence-electron chi connectivity index (χ2n) is 6.94. The molecule has 0 aliphatic carbocycles. The molecule has 0 unspecified atom stereocenters. The molecule has 0 atom stereocenters. The summed E-state index contributed by atoms with van der Waals surface area (Å²) in [5.74, 6) is 0. The molecule has 27 heavy (non-hydrogen) atoms. The van der Waals surface area contributed by atoms with E-state index in [2.05, 4.69) is 73.3 Å². The molecule has 0 aliphatic rings. The van der Waals surface area contributed by atoms with Crippen molar-refractivity contribution in [1.82, 2.24) is 0 Å². The van der Waals surface area contributed by atoms with Crippen molar-refractivity contribution in [3.05, 3.63) is 99.9 Å². The van der Waals surface area contributed by atoms with Crippen LogP contribution in [-0.2, 0) is 0 Å². The van der Waals surface area contributed by atoms with Crippen LogP contribution < -0.4 is 10.5 Å². The number of benzene rings is 3. The fourth-order valence-corrected chi connectivity index (χ4v) is 3.29. The average Bonchev–Trinajstić information content (AvgIpc) is 2.64. The smallest absolute Gasteiger partial charge is 0.336 e. The van der Waals surface area contributed by atoms with E-state index in [9.17, 15) is 4.79 Å². The molecular formula is C24H21NO2. The van der Waals surface area contributed by atoms with Crippen molar-refractivity contribution in [3.63, 3.8) is 0 Å². The van der Waals surface area contributed by atoms with Crippen molar-refractivity contribution in [2.75, 3.05) is 4.90 Å². The number of fused-ring (bicyclic) bond motifs is 1. The molecule has 0 saturated carbocycles. The highest BCUT2D eigenvalue weighted by Gasteiger charge is 2.14. The van der Waals surface area contributed by atoms with E-state index in [1.54, 1.807) is 0 Å². The zero-order valence-electron chi connectivity index (χ0n) is 15.7. The lowest BCUT2D eigenvalue weighted by Gasteiger charge is -2.26. The highest BCUT2D eigenvalue weighted by molar-refractivity contribution is 5.87. The maximum absolute atomic E-state index is 11.8. The van der Waals surface area contributed by atoms with Crippen LogP contribution in [0.25, 0.3) is 11.0 Å². The predicted octanol–water partition coefficient (Wildman–Crippen LogP) is 6.19. The van der Waals surface area contributed by atoms with Gasteiger partial charge in [0.15, 0.2) is 0 Å². The molecule has 1 aromatic heterocycles. The minimum Gasteiger partial charge on any atom is -0.423 e. The lowest BCUT2D eigenvalue weighted by molar-refractivity contribution is 0.560. The van der Waals surface area contributed by atoms with Crippen LogP contribution in [-0.4, -0.2) is 0 Å². The summed E-state index contributed by atoms with van der Waals surface area (Å²) in [5, 5.41) is 0.950. The van der Waals surface area contributed by atoms with Crippen molar-refractivity contribution in [3.8, 4) is 0 Å². The first kappa shape index (κ1) is 17.1. The molecule has 3 nitrogen and oxygen atoms in total. The molecule has 0 spiro atoms. The minimum atomic E-state index is -0.325. The Kier molecular flexibility index (Phi) is 4.28. The van der Waals surface area contributed by atoms with Gasteiger partial charge in [0.05, 0.1) is 0 Å². The van der Waals surface area contributed by atoms with Crippen molar-refractivity contribution < 1.29 is 4.42 Å². The van der Waals surface area contributed by atoms with Crippen LogP contribution in [0, 0.1) is 20.8 Å². The number of hydrogen-bond acceptors (Lipinski definition) is 3. The molecule has 0 fully saturated rings. The van der Waals surface area contributed by atoms with Gasteiger partial charge in [-0.2, -0.15) is 0 Å². The molecule has 3 heteroatoms. The lowest BCUT2D eigenvalue weighted by atomic mass is 10.1. The number of aryl methyl sites for hydroxylation is 3. The Morgan fingerprint density at radius 2 is 1.19 bits per heavy atom. The highest BCUT2D eigenvalue weighted by Crippen LogP contribution is 2.36. The predicted molar refractivity (Wildman–Crippen MR) is 111 cm³/mol. The summed E-state index contributed by atoms with van der Waals surface area (Å²) in [6.45, 7) is 6.08. The molecule has 0 bridgehead atoms.